The van der Waals surface area contributed by atoms with Crippen molar-refractivity contribution in [3.63, 3.8) is 0 Å². The van der Waals surface area contributed by atoms with E-state index in [4.69, 9.17) is 4.74 Å². The van der Waals surface area contributed by atoms with E-state index < -0.39 is 0 Å². The number of rotatable bonds is 5. The Bertz CT molecular complexity index is 869. The maximum atomic E-state index is 5.95. The number of ether oxygens (including phenoxy) is 1. The lowest BCUT2D eigenvalue weighted by Crippen LogP contribution is -2.24. The monoisotopic (exact) mass is 333 g/mol. The van der Waals surface area contributed by atoms with E-state index in [1.54, 1.807) is 6.20 Å². The number of para-hydroxylation sites is 1. The van der Waals surface area contributed by atoms with Gasteiger partial charge in [-0.1, -0.05) is 30.3 Å². The summed E-state index contributed by atoms with van der Waals surface area (Å²) in [4.78, 5) is 4.14. The van der Waals surface area contributed by atoms with Crippen LogP contribution in [0.1, 0.15) is 30.5 Å². The van der Waals surface area contributed by atoms with Gasteiger partial charge >= 0.3 is 0 Å². The summed E-state index contributed by atoms with van der Waals surface area (Å²) in [6.07, 6.45) is 6.58. The summed E-state index contributed by atoms with van der Waals surface area (Å²) in [5.41, 5.74) is 4.93. The minimum atomic E-state index is -0.0852. The average Bonchev–Trinajstić information content (AvgIpc) is 3.21. The highest BCUT2D eigenvalue weighted by molar-refractivity contribution is 5.42. The molecule has 4 heteroatoms. The second-order valence-corrected chi connectivity index (χ2v) is 7.18. The van der Waals surface area contributed by atoms with Crippen molar-refractivity contribution >= 4 is 0 Å². The Balaban J connectivity index is 1.43. The molecule has 2 heterocycles. The molecule has 0 bridgehead atoms. The fourth-order valence-electron chi connectivity index (χ4n) is 3.43. The number of aromatic nitrogens is 2. The third-order valence-electron chi connectivity index (χ3n) is 4.55. The van der Waals surface area contributed by atoms with E-state index in [-0.39, 0.29) is 5.60 Å². The van der Waals surface area contributed by atoms with E-state index in [2.05, 4.69) is 66.6 Å². The summed E-state index contributed by atoms with van der Waals surface area (Å²) in [6.45, 7) is 5.93. The molecule has 4 nitrogen and oxygen atoms in total. The van der Waals surface area contributed by atoms with Gasteiger partial charge in [0.2, 0.25) is 0 Å². The van der Waals surface area contributed by atoms with Gasteiger partial charge in [-0.05, 0) is 42.7 Å². The van der Waals surface area contributed by atoms with Crippen LogP contribution in [0.2, 0.25) is 0 Å². The molecule has 0 spiro atoms. The number of imidazole rings is 1. The van der Waals surface area contributed by atoms with Gasteiger partial charge in [0.25, 0.3) is 0 Å². The number of hydrogen-bond donors (Lipinski definition) is 1. The van der Waals surface area contributed by atoms with Gasteiger partial charge in [0.05, 0.1) is 12.0 Å². The summed E-state index contributed by atoms with van der Waals surface area (Å²) in [5.74, 6) is 1.03. The van der Waals surface area contributed by atoms with Crippen molar-refractivity contribution in [2.75, 3.05) is 0 Å². The molecular formula is C21H23N3O. The summed E-state index contributed by atoms with van der Waals surface area (Å²) < 4.78 is 8.00. The van der Waals surface area contributed by atoms with Crippen molar-refractivity contribution in [3.05, 3.63) is 77.9 Å². The first-order valence-corrected chi connectivity index (χ1v) is 8.68. The quantitative estimate of drug-likeness (QED) is 0.770. The van der Waals surface area contributed by atoms with E-state index in [0.717, 1.165) is 30.9 Å². The maximum absolute atomic E-state index is 5.95. The SMILES string of the molecule is CC1(C)Cc2cc(CNCc3ccccc3-n3ccnc3)ccc2O1. The van der Waals surface area contributed by atoms with Crippen molar-refractivity contribution in [3.8, 4) is 11.4 Å². The van der Waals surface area contributed by atoms with E-state index in [0.29, 0.717) is 0 Å². The van der Waals surface area contributed by atoms with Crippen LogP contribution in [0, 0.1) is 0 Å². The standard InChI is InChI=1S/C21H23N3O/c1-21(2)12-18-11-16(7-8-20(18)25-21)13-23-14-17-5-3-4-6-19(17)24-10-9-22-15-24/h3-11,15,23H,12-14H2,1-2H3. The summed E-state index contributed by atoms with van der Waals surface area (Å²) in [6, 6.07) is 14.9. The molecule has 0 saturated heterocycles. The van der Waals surface area contributed by atoms with Gasteiger partial charge in [-0.25, -0.2) is 4.98 Å². The van der Waals surface area contributed by atoms with Crippen molar-refractivity contribution < 1.29 is 4.74 Å². The van der Waals surface area contributed by atoms with Gasteiger partial charge in [0.1, 0.15) is 11.4 Å². The highest BCUT2D eigenvalue weighted by Gasteiger charge is 2.29. The second-order valence-electron chi connectivity index (χ2n) is 7.18. The lowest BCUT2D eigenvalue weighted by atomic mass is 10.0. The molecule has 1 aromatic heterocycles. The molecule has 0 saturated carbocycles. The van der Waals surface area contributed by atoms with Gasteiger partial charge in [-0.3, -0.25) is 0 Å². The summed E-state index contributed by atoms with van der Waals surface area (Å²) in [5, 5.41) is 3.56. The van der Waals surface area contributed by atoms with E-state index in [1.165, 1.54) is 16.7 Å². The molecule has 3 aromatic rings. The zero-order chi connectivity index (χ0) is 17.3. The molecule has 1 N–H and O–H groups in total. The van der Waals surface area contributed by atoms with Crippen LogP contribution < -0.4 is 10.1 Å². The largest absolute Gasteiger partial charge is 0.487 e. The molecule has 0 unspecified atom stereocenters. The molecule has 2 aromatic carbocycles. The molecule has 4 rings (SSSR count). The van der Waals surface area contributed by atoms with Crippen LogP contribution in [0.4, 0.5) is 0 Å². The number of hydrogen-bond acceptors (Lipinski definition) is 3. The van der Waals surface area contributed by atoms with Crippen LogP contribution in [-0.4, -0.2) is 15.2 Å². The highest BCUT2D eigenvalue weighted by Crippen LogP contribution is 2.35. The Morgan fingerprint density at radius 3 is 2.88 bits per heavy atom. The zero-order valence-electron chi connectivity index (χ0n) is 14.7. The van der Waals surface area contributed by atoms with Gasteiger partial charge in [0, 0.05) is 31.9 Å². The van der Waals surface area contributed by atoms with Gasteiger partial charge in [-0.15, -0.1) is 0 Å². The Kier molecular flexibility index (Phi) is 4.06. The molecule has 1 aliphatic heterocycles. The third-order valence-corrected chi connectivity index (χ3v) is 4.55. The Morgan fingerprint density at radius 2 is 2.04 bits per heavy atom. The van der Waals surface area contributed by atoms with Crippen molar-refractivity contribution in [1.82, 2.24) is 14.9 Å². The van der Waals surface area contributed by atoms with Crippen molar-refractivity contribution in [1.29, 1.82) is 0 Å². The van der Waals surface area contributed by atoms with Crippen LogP contribution in [0.3, 0.4) is 0 Å². The van der Waals surface area contributed by atoms with Gasteiger partial charge in [-0.2, -0.15) is 0 Å². The molecule has 0 atom stereocenters. The van der Waals surface area contributed by atoms with Gasteiger partial charge in [0.15, 0.2) is 0 Å². The average molecular weight is 333 g/mol. The first kappa shape index (κ1) is 15.9. The highest BCUT2D eigenvalue weighted by atomic mass is 16.5. The van der Waals surface area contributed by atoms with Crippen LogP contribution in [0.5, 0.6) is 5.75 Å². The number of benzene rings is 2. The Hall–Kier alpha value is -2.59. The smallest absolute Gasteiger partial charge is 0.123 e. The summed E-state index contributed by atoms with van der Waals surface area (Å²) in [7, 11) is 0. The van der Waals surface area contributed by atoms with E-state index in [1.807, 2.05) is 17.1 Å². The molecule has 25 heavy (non-hydrogen) atoms. The molecule has 0 aliphatic carbocycles. The van der Waals surface area contributed by atoms with Crippen molar-refractivity contribution in [2.24, 2.45) is 0 Å². The Labute approximate surface area is 148 Å². The minimum absolute atomic E-state index is 0.0852. The topological polar surface area (TPSA) is 39.1 Å². The zero-order valence-corrected chi connectivity index (χ0v) is 14.7. The van der Waals surface area contributed by atoms with E-state index >= 15 is 0 Å². The fourth-order valence-corrected chi connectivity index (χ4v) is 3.43. The predicted octanol–water partition coefficient (Wildman–Crippen LogP) is 3.88. The van der Waals surface area contributed by atoms with Gasteiger partial charge < -0.3 is 14.6 Å². The van der Waals surface area contributed by atoms with Crippen LogP contribution in [-0.2, 0) is 19.5 Å². The molecule has 0 amide bonds. The third kappa shape index (κ3) is 3.44. The second kappa shape index (κ2) is 6.37. The number of nitrogens with one attached hydrogen (secondary N) is 1. The first-order valence-electron chi connectivity index (χ1n) is 8.68. The van der Waals surface area contributed by atoms with Crippen LogP contribution >= 0.6 is 0 Å². The van der Waals surface area contributed by atoms with E-state index in [9.17, 15) is 0 Å². The molecule has 0 radical (unpaired) electrons. The van der Waals surface area contributed by atoms with Crippen molar-refractivity contribution in [2.45, 2.75) is 39.0 Å². The Morgan fingerprint density at radius 1 is 1.16 bits per heavy atom. The summed E-state index contributed by atoms with van der Waals surface area (Å²) >= 11 is 0. The molecule has 1 aliphatic rings. The van der Waals surface area contributed by atoms with Crippen LogP contribution in [0.15, 0.2) is 61.2 Å². The maximum Gasteiger partial charge on any atom is 0.123 e. The van der Waals surface area contributed by atoms with Crippen LogP contribution in [0.25, 0.3) is 5.69 Å². The number of nitrogens with zero attached hydrogens (tertiary/aromatic N) is 2. The minimum Gasteiger partial charge on any atom is -0.487 e. The normalized spacial score (nSPS) is 15.0. The molecular weight excluding hydrogens is 310 g/mol. The fraction of sp³-hybridized carbons (Fsp3) is 0.286. The number of fused-ring (bicyclic) bond motifs is 1. The first-order chi connectivity index (χ1) is 12.1. The lowest BCUT2D eigenvalue weighted by Gasteiger charge is -2.16. The molecule has 128 valence electrons. The lowest BCUT2D eigenvalue weighted by molar-refractivity contribution is 0.138. The molecule has 0 fully saturated rings. The predicted molar refractivity (Wildman–Crippen MR) is 99.0 cm³/mol.